The lowest BCUT2D eigenvalue weighted by Crippen LogP contribution is -2.44. The minimum Gasteiger partial charge on any atom is -0.373 e. The molecule has 3 unspecified atom stereocenters. The maximum absolute atomic E-state index is 12.0. The number of benzene rings is 1. The molecule has 1 aromatic carbocycles. The summed E-state index contributed by atoms with van der Waals surface area (Å²) < 4.78 is 5.68. The van der Waals surface area contributed by atoms with Gasteiger partial charge in [-0.05, 0) is 39.8 Å². The lowest BCUT2D eigenvalue weighted by molar-refractivity contribution is -0.120. The maximum atomic E-state index is 12.0. The van der Waals surface area contributed by atoms with Gasteiger partial charge in [0.05, 0.1) is 6.10 Å². The second-order valence-electron chi connectivity index (χ2n) is 6.54. The molecular formula is C19H20O2. The van der Waals surface area contributed by atoms with Gasteiger partial charge in [0.1, 0.15) is 5.78 Å². The summed E-state index contributed by atoms with van der Waals surface area (Å²) in [6.45, 7) is 2.22. The molecule has 3 aliphatic carbocycles. The first kappa shape index (κ1) is 13.0. The zero-order valence-electron chi connectivity index (χ0n) is 12.6. The highest BCUT2D eigenvalue weighted by Crippen LogP contribution is 2.40. The minimum absolute atomic E-state index is 0.0880. The summed E-state index contributed by atoms with van der Waals surface area (Å²) in [5.74, 6) is 1.34. The molecule has 0 aliphatic heterocycles. The zero-order chi connectivity index (χ0) is 14.6. The highest BCUT2D eigenvalue weighted by molar-refractivity contribution is 5.90. The Morgan fingerprint density at radius 1 is 1.19 bits per heavy atom. The van der Waals surface area contributed by atoms with Crippen molar-refractivity contribution in [3.8, 4) is 0 Å². The van der Waals surface area contributed by atoms with E-state index in [2.05, 4.69) is 37.3 Å². The normalized spacial score (nSPS) is 30.2. The molecule has 3 aliphatic rings. The second kappa shape index (κ2) is 4.67. The first-order valence-corrected chi connectivity index (χ1v) is 7.77. The lowest BCUT2D eigenvalue weighted by atomic mass is 9.68. The van der Waals surface area contributed by atoms with Crippen molar-refractivity contribution < 1.29 is 9.53 Å². The Morgan fingerprint density at radius 3 is 2.86 bits per heavy atom. The number of carbonyl (C=O) groups excluding carboxylic acids is 1. The Bertz CT molecular complexity index is 769. The van der Waals surface area contributed by atoms with Gasteiger partial charge in [-0.25, -0.2) is 0 Å². The zero-order valence-corrected chi connectivity index (χ0v) is 12.6. The number of hydrogen-bond acceptors (Lipinski definition) is 2. The summed E-state index contributed by atoms with van der Waals surface area (Å²) >= 11 is 0. The number of ether oxygens (including phenoxy) is 1. The van der Waals surface area contributed by atoms with Crippen LogP contribution in [0.3, 0.4) is 0 Å². The van der Waals surface area contributed by atoms with Crippen LogP contribution in [0.4, 0.5) is 0 Å². The van der Waals surface area contributed by atoms with Crippen LogP contribution in [0.1, 0.15) is 31.7 Å². The molecule has 3 atom stereocenters. The molecule has 0 saturated heterocycles. The standard InChI is InChI=1S/C19H20O2/c1-11-8-13(20)9-16-14-5-3-4-12-6-7-18(21-2)17(19(12)14)10-15(11)16/h3-7,11,15,18H,8-10H2,1-2H3. The number of ketones is 1. The fourth-order valence-corrected chi connectivity index (χ4v) is 4.34. The van der Waals surface area contributed by atoms with Crippen molar-refractivity contribution in [2.45, 2.75) is 32.3 Å². The smallest absolute Gasteiger partial charge is 0.137 e. The van der Waals surface area contributed by atoms with Crippen LogP contribution >= 0.6 is 0 Å². The largest absolute Gasteiger partial charge is 0.373 e. The van der Waals surface area contributed by atoms with E-state index >= 15 is 0 Å². The third-order valence-corrected chi connectivity index (χ3v) is 5.32. The van der Waals surface area contributed by atoms with Crippen LogP contribution in [0.2, 0.25) is 0 Å². The van der Waals surface area contributed by atoms with Crippen LogP contribution in [-0.2, 0) is 9.53 Å². The Balaban J connectivity index is 2.06. The van der Waals surface area contributed by atoms with E-state index in [1.807, 2.05) is 0 Å². The van der Waals surface area contributed by atoms with Crippen molar-refractivity contribution in [1.82, 2.24) is 0 Å². The van der Waals surface area contributed by atoms with Crippen molar-refractivity contribution >= 4 is 23.0 Å². The van der Waals surface area contributed by atoms with Gasteiger partial charge in [-0.15, -0.1) is 0 Å². The molecule has 4 rings (SSSR count). The molecule has 2 nitrogen and oxygen atoms in total. The first-order valence-electron chi connectivity index (χ1n) is 7.77. The van der Waals surface area contributed by atoms with Gasteiger partial charge in [0.15, 0.2) is 0 Å². The predicted octanol–water partition coefficient (Wildman–Crippen LogP) is 2.05. The van der Waals surface area contributed by atoms with Crippen molar-refractivity contribution in [1.29, 1.82) is 0 Å². The van der Waals surface area contributed by atoms with Crippen LogP contribution in [0, 0.1) is 11.8 Å². The minimum atomic E-state index is 0.0880. The van der Waals surface area contributed by atoms with Crippen molar-refractivity contribution in [2.75, 3.05) is 7.11 Å². The van der Waals surface area contributed by atoms with Gasteiger partial charge >= 0.3 is 0 Å². The summed E-state index contributed by atoms with van der Waals surface area (Å²) in [6.07, 6.45) is 6.81. The molecule has 1 saturated carbocycles. The van der Waals surface area contributed by atoms with Crippen LogP contribution in [0.15, 0.2) is 24.3 Å². The van der Waals surface area contributed by atoms with Crippen molar-refractivity contribution in [3.05, 3.63) is 40.3 Å². The summed E-state index contributed by atoms with van der Waals surface area (Å²) in [5.41, 5.74) is 4.04. The van der Waals surface area contributed by atoms with E-state index in [9.17, 15) is 4.79 Å². The fraction of sp³-hybridized carbons (Fsp3) is 0.421. The van der Waals surface area contributed by atoms with Gasteiger partial charge < -0.3 is 4.74 Å². The van der Waals surface area contributed by atoms with Gasteiger partial charge in [-0.1, -0.05) is 42.8 Å². The molecule has 108 valence electrons. The van der Waals surface area contributed by atoms with E-state index in [1.54, 1.807) is 7.11 Å². The maximum Gasteiger partial charge on any atom is 0.137 e. The number of Topliss-reactive ketones (excluding diaryl/α,β-unsaturated/α-hetero) is 1. The van der Waals surface area contributed by atoms with E-state index in [-0.39, 0.29) is 6.10 Å². The summed E-state index contributed by atoms with van der Waals surface area (Å²) in [4.78, 5) is 12.0. The highest BCUT2D eigenvalue weighted by Gasteiger charge is 2.35. The Morgan fingerprint density at radius 2 is 2.05 bits per heavy atom. The quantitative estimate of drug-likeness (QED) is 0.787. The third-order valence-electron chi connectivity index (χ3n) is 5.32. The molecule has 0 radical (unpaired) electrons. The number of methoxy groups -OCH3 is 1. The van der Waals surface area contributed by atoms with E-state index in [4.69, 9.17) is 4.74 Å². The molecule has 1 aromatic rings. The number of hydrogen-bond donors (Lipinski definition) is 0. The number of rotatable bonds is 1. The molecule has 2 heteroatoms. The fourth-order valence-electron chi connectivity index (χ4n) is 4.34. The second-order valence-corrected chi connectivity index (χ2v) is 6.54. The van der Waals surface area contributed by atoms with Gasteiger partial charge in [-0.3, -0.25) is 4.79 Å². The van der Waals surface area contributed by atoms with Gasteiger partial charge in [-0.2, -0.15) is 0 Å². The van der Waals surface area contributed by atoms with E-state index < -0.39 is 0 Å². The van der Waals surface area contributed by atoms with Gasteiger partial charge in [0.25, 0.3) is 0 Å². The van der Waals surface area contributed by atoms with E-state index in [1.165, 1.54) is 27.1 Å². The number of fused-ring (bicyclic) bond motifs is 1. The van der Waals surface area contributed by atoms with Crippen LogP contribution < -0.4 is 10.4 Å². The predicted molar refractivity (Wildman–Crippen MR) is 83.9 cm³/mol. The van der Waals surface area contributed by atoms with Crippen molar-refractivity contribution in [2.24, 2.45) is 11.8 Å². The molecule has 0 heterocycles. The lowest BCUT2D eigenvalue weighted by Gasteiger charge is -2.36. The summed E-state index contributed by atoms with van der Waals surface area (Å²) in [6, 6.07) is 6.47. The van der Waals surface area contributed by atoms with E-state index in [0.717, 1.165) is 12.8 Å². The van der Waals surface area contributed by atoms with Gasteiger partial charge in [0.2, 0.25) is 0 Å². The van der Waals surface area contributed by atoms with Crippen LogP contribution in [0.25, 0.3) is 17.2 Å². The van der Waals surface area contributed by atoms with Crippen LogP contribution in [0.5, 0.6) is 0 Å². The average Bonchev–Trinajstić information content (AvgIpc) is 2.49. The Hall–Kier alpha value is -1.67. The van der Waals surface area contributed by atoms with Crippen LogP contribution in [-0.4, -0.2) is 19.0 Å². The molecule has 0 bridgehead atoms. The summed E-state index contributed by atoms with van der Waals surface area (Å²) in [7, 11) is 1.78. The van der Waals surface area contributed by atoms with Crippen molar-refractivity contribution in [3.63, 3.8) is 0 Å². The Labute approximate surface area is 124 Å². The third kappa shape index (κ3) is 1.86. The SMILES string of the molecule is COC1C=Cc2cccc3c2=C1CC1C=3CC(=O)CC1C. The molecule has 0 N–H and O–H groups in total. The Kier molecular flexibility index (Phi) is 2.90. The number of carbonyl (C=O) groups is 1. The molecule has 1 fully saturated rings. The topological polar surface area (TPSA) is 26.3 Å². The monoisotopic (exact) mass is 280 g/mol. The molecule has 0 aromatic heterocycles. The van der Waals surface area contributed by atoms with E-state index in [0.29, 0.717) is 24.0 Å². The molecule has 0 amide bonds. The molecular weight excluding hydrogens is 260 g/mol. The summed E-state index contributed by atoms with van der Waals surface area (Å²) in [5, 5.41) is 2.63. The molecule has 21 heavy (non-hydrogen) atoms. The average molecular weight is 280 g/mol. The van der Waals surface area contributed by atoms with Gasteiger partial charge in [0, 0.05) is 20.0 Å². The molecule has 0 spiro atoms. The highest BCUT2D eigenvalue weighted by atomic mass is 16.5. The first-order chi connectivity index (χ1) is 10.2.